The van der Waals surface area contributed by atoms with Gasteiger partial charge in [-0.2, -0.15) is 0 Å². The van der Waals surface area contributed by atoms with Gasteiger partial charge in [-0.25, -0.2) is 0 Å². The molecule has 0 radical (unpaired) electrons. The van der Waals surface area contributed by atoms with Crippen LogP contribution in [0.1, 0.15) is 5.56 Å². The molecule has 0 atom stereocenters. The Balaban J connectivity index is 3.09. The van der Waals surface area contributed by atoms with Gasteiger partial charge in [0.25, 0.3) is 0 Å². The summed E-state index contributed by atoms with van der Waals surface area (Å²) < 4.78 is 0.610. The monoisotopic (exact) mass is 249 g/mol. The normalized spacial score (nSPS) is 10.2. The molecular formula is C8H9BrClNO. The van der Waals surface area contributed by atoms with Gasteiger partial charge < -0.3 is 10.8 Å². The maximum absolute atomic E-state index is 9.49. The molecule has 0 aromatic heterocycles. The van der Waals surface area contributed by atoms with E-state index in [9.17, 15) is 5.11 Å². The molecule has 1 rings (SSSR count). The fourth-order valence-electron chi connectivity index (χ4n) is 0.965. The first-order chi connectivity index (χ1) is 5.65. The Labute approximate surface area is 84.5 Å². The van der Waals surface area contributed by atoms with E-state index < -0.39 is 0 Å². The van der Waals surface area contributed by atoms with E-state index in [0.717, 1.165) is 5.56 Å². The zero-order chi connectivity index (χ0) is 9.14. The molecular weight excluding hydrogens is 241 g/mol. The first kappa shape index (κ1) is 9.84. The minimum absolute atomic E-state index is 0.227. The fourth-order valence-corrected chi connectivity index (χ4v) is 1.84. The zero-order valence-electron chi connectivity index (χ0n) is 6.35. The number of hydrogen-bond donors (Lipinski definition) is 2. The molecule has 66 valence electrons. The lowest BCUT2D eigenvalue weighted by molar-refractivity contribution is 0.465. The number of rotatable bonds is 2. The Morgan fingerprint density at radius 1 is 1.50 bits per heavy atom. The van der Waals surface area contributed by atoms with Crippen LogP contribution in [0.4, 0.5) is 0 Å². The van der Waals surface area contributed by atoms with Crippen molar-refractivity contribution in [1.29, 1.82) is 0 Å². The van der Waals surface area contributed by atoms with E-state index in [0.29, 0.717) is 22.5 Å². The van der Waals surface area contributed by atoms with Gasteiger partial charge in [0.15, 0.2) is 0 Å². The zero-order valence-corrected chi connectivity index (χ0v) is 8.69. The van der Waals surface area contributed by atoms with E-state index in [1.807, 2.05) is 0 Å². The number of nitrogens with two attached hydrogens (primary N) is 1. The van der Waals surface area contributed by atoms with Gasteiger partial charge in [-0.05, 0) is 46.6 Å². The molecule has 2 nitrogen and oxygen atoms in total. The van der Waals surface area contributed by atoms with Gasteiger partial charge >= 0.3 is 0 Å². The number of phenolic OH excluding ortho intramolecular Hbond substituents is 1. The summed E-state index contributed by atoms with van der Waals surface area (Å²) in [4.78, 5) is 0. The van der Waals surface area contributed by atoms with Crippen LogP contribution in [0.3, 0.4) is 0 Å². The Kier molecular flexibility index (Phi) is 3.38. The first-order valence-corrected chi connectivity index (χ1v) is 4.69. The molecule has 0 bridgehead atoms. The van der Waals surface area contributed by atoms with Gasteiger partial charge in [-0.1, -0.05) is 11.6 Å². The van der Waals surface area contributed by atoms with Crippen molar-refractivity contribution >= 4 is 27.5 Å². The van der Waals surface area contributed by atoms with E-state index in [1.54, 1.807) is 12.1 Å². The molecule has 4 heteroatoms. The number of hydrogen-bond acceptors (Lipinski definition) is 2. The van der Waals surface area contributed by atoms with Crippen LogP contribution < -0.4 is 5.73 Å². The van der Waals surface area contributed by atoms with E-state index in [1.165, 1.54) is 0 Å². The summed E-state index contributed by atoms with van der Waals surface area (Å²) in [5, 5.41) is 10.1. The minimum Gasteiger partial charge on any atom is -0.506 e. The lowest BCUT2D eigenvalue weighted by Crippen LogP contribution is -2.02. The molecule has 0 saturated heterocycles. The Morgan fingerprint density at radius 2 is 2.17 bits per heavy atom. The second-order valence-corrected chi connectivity index (χ2v) is 3.72. The highest BCUT2D eigenvalue weighted by molar-refractivity contribution is 9.10. The van der Waals surface area contributed by atoms with E-state index in [4.69, 9.17) is 17.3 Å². The maximum atomic E-state index is 9.49. The molecule has 0 unspecified atom stereocenters. The van der Waals surface area contributed by atoms with Gasteiger partial charge in [0.05, 0.1) is 4.47 Å². The van der Waals surface area contributed by atoms with Crippen LogP contribution in [0.25, 0.3) is 0 Å². The molecule has 12 heavy (non-hydrogen) atoms. The summed E-state index contributed by atoms with van der Waals surface area (Å²) in [5.74, 6) is 0.227. The van der Waals surface area contributed by atoms with E-state index in [-0.39, 0.29) is 5.75 Å². The summed E-state index contributed by atoms with van der Waals surface area (Å²) in [6.07, 6.45) is 0.630. The third-order valence-electron chi connectivity index (χ3n) is 1.52. The molecule has 0 aliphatic heterocycles. The van der Waals surface area contributed by atoms with Gasteiger partial charge in [-0.15, -0.1) is 0 Å². The first-order valence-electron chi connectivity index (χ1n) is 3.52. The summed E-state index contributed by atoms with van der Waals surface area (Å²) in [7, 11) is 0. The molecule has 0 aliphatic carbocycles. The molecule has 0 fully saturated rings. The smallest absolute Gasteiger partial charge is 0.133 e. The van der Waals surface area contributed by atoms with Crippen molar-refractivity contribution in [2.45, 2.75) is 6.42 Å². The molecule has 0 heterocycles. The SMILES string of the molecule is NCCc1cc(Cl)cc(Br)c1O. The maximum Gasteiger partial charge on any atom is 0.133 e. The number of aromatic hydroxyl groups is 1. The van der Waals surface area contributed by atoms with Gasteiger partial charge in [0.1, 0.15) is 5.75 Å². The van der Waals surface area contributed by atoms with Crippen LogP contribution in [-0.2, 0) is 6.42 Å². The Hall–Kier alpha value is -0.250. The van der Waals surface area contributed by atoms with Crippen molar-refractivity contribution in [1.82, 2.24) is 0 Å². The van der Waals surface area contributed by atoms with Crippen LogP contribution in [0.2, 0.25) is 5.02 Å². The lowest BCUT2D eigenvalue weighted by Gasteiger charge is -2.05. The standard InChI is InChI=1S/C8H9BrClNO/c9-7-4-6(10)3-5(1-2-11)8(7)12/h3-4,12H,1-2,11H2. The van der Waals surface area contributed by atoms with Crippen LogP contribution in [0.15, 0.2) is 16.6 Å². The summed E-state index contributed by atoms with van der Waals surface area (Å²) in [6.45, 7) is 0.500. The van der Waals surface area contributed by atoms with E-state index in [2.05, 4.69) is 15.9 Å². The van der Waals surface area contributed by atoms with Crippen molar-refractivity contribution < 1.29 is 5.11 Å². The average Bonchev–Trinajstić information content (AvgIpc) is 2.00. The summed E-state index contributed by atoms with van der Waals surface area (Å²) in [5.41, 5.74) is 6.13. The third-order valence-corrected chi connectivity index (χ3v) is 2.34. The topological polar surface area (TPSA) is 46.2 Å². The molecule has 3 N–H and O–H groups in total. The lowest BCUT2D eigenvalue weighted by atomic mass is 10.1. The minimum atomic E-state index is 0.227. The molecule has 1 aromatic carbocycles. The largest absolute Gasteiger partial charge is 0.506 e. The fraction of sp³-hybridized carbons (Fsp3) is 0.250. The van der Waals surface area contributed by atoms with Crippen molar-refractivity contribution in [3.63, 3.8) is 0 Å². The number of phenols is 1. The summed E-state index contributed by atoms with van der Waals surface area (Å²) >= 11 is 8.97. The van der Waals surface area contributed by atoms with Gasteiger partial charge in [-0.3, -0.25) is 0 Å². The highest BCUT2D eigenvalue weighted by Gasteiger charge is 2.05. The van der Waals surface area contributed by atoms with Crippen molar-refractivity contribution in [3.8, 4) is 5.75 Å². The van der Waals surface area contributed by atoms with Gasteiger partial charge in [0, 0.05) is 5.02 Å². The molecule has 0 spiro atoms. The van der Waals surface area contributed by atoms with Gasteiger partial charge in [0.2, 0.25) is 0 Å². The quantitative estimate of drug-likeness (QED) is 0.846. The average molecular weight is 251 g/mol. The summed E-state index contributed by atoms with van der Waals surface area (Å²) in [6, 6.07) is 3.37. The number of benzene rings is 1. The van der Waals surface area contributed by atoms with Crippen LogP contribution in [-0.4, -0.2) is 11.7 Å². The Morgan fingerprint density at radius 3 is 2.75 bits per heavy atom. The number of halogens is 2. The predicted octanol–water partition coefficient (Wildman–Crippen LogP) is 2.31. The highest BCUT2D eigenvalue weighted by Crippen LogP contribution is 2.31. The van der Waals surface area contributed by atoms with Crippen LogP contribution in [0.5, 0.6) is 5.75 Å². The predicted molar refractivity (Wildman–Crippen MR) is 53.6 cm³/mol. The van der Waals surface area contributed by atoms with Crippen molar-refractivity contribution in [2.24, 2.45) is 5.73 Å². The molecule has 0 amide bonds. The van der Waals surface area contributed by atoms with Crippen LogP contribution in [0, 0.1) is 0 Å². The van der Waals surface area contributed by atoms with Crippen LogP contribution >= 0.6 is 27.5 Å². The molecule has 0 saturated carbocycles. The van der Waals surface area contributed by atoms with Crippen molar-refractivity contribution in [3.05, 3.63) is 27.2 Å². The Bertz CT molecular complexity index is 291. The molecule has 1 aromatic rings. The third kappa shape index (κ3) is 2.12. The molecule has 0 aliphatic rings. The second kappa shape index (κ2) is 4.12. The van der Waals surface area contributed by atoms with Crippen molar-refractivity contribution in [2.75, 3.05) is 6.54 Å². The van der Waals surface area contributed by atoms with E-state index >= 15 is 0 Å². The highest BCUT2D eigenvalue weighted by atomic mass is 79.9. The second-order valence-electron chi connectivity index (χ2n) is 2.43.